The number of carbonyl (C=O) groups is 1. The number of nitrogens with zero attached hydrogens (tertiary/aromatic N) is 3. The third kappa shape index (κ3) is 2.59. The summed E-state index contributed by atoms with van der Waals surface area (Å²) in [5.41, 5.74) is 4.09. The first-order chi connectivity index (χ1) is 11.3. The largest absolute Gasteiger partial charge is 0.292 e. The zero-order valence-corrected chi connectivity index (χ0v) is 12.5. The molecule has 3 aromatic rings. The Balaban J connectivity index is 1.66. The molecule has 0 radical (unpaired) electrons. The first kappa shape index (κ1) is 13.6. The van der Waals surface area contributed by atoms with Crippen LogP contribution in [0.5, 0.6) is 0 Å². The molecule has 1 aliphatic rings. The fraction of sp³-hybridized carbons (Fsp3) is 0.105. The molecule has 4 rings (SSSR count). The lowest BCUT2D eigenvalue weighted by atomic mass is 10.1. The molecule has 0 unspecified atom stereocenters. The summed E-state index contributed by atoms with van der Waals surface area (Å²) in [7, 11) is 0. The molecule has 1 amide bonds. The maximum absolute atomic E-state index is 12.4. The predicted octanol–water partition coefficient (Wildman–Crippen LogP) is 3.23. The lowest BCUT2D eigenvalue weighted by molar-refractivity contribution is -0.117. The van der Waals surface area contributed by atoms with Crippen LogP contribution in [0.2, 0.25) is 0 Å². The van der Waals surface area contributed by atoms with Gasteiger partial charge in [0.15, 0.2) is 0 Å². The van der Waals surface area contributed by atoms with Crippen LogP contribution in [0, 0.1) is 0 Å². The molecule has 23 heavy (non-hydrogen) atoms. The highest BCUT2D eigenvalue weighted by molar-refractivity contribution is 6.00. The van der Waals surface area contributed by atoms with E-state index < -0.39 is 0 Å². The van der Waals surface area contributed by atoms with Crippen LogP contribution in [0.15, 0.2) is 67.1 Å². The van der Waals surface area contributed by atoms with Crippen LogP contribution in [-0.4, -0.2) is 15.9 Å². The monoisotopic (exact) mass is 301 g/mol. The smallest absolute Gasteiger partial charge is 0.233 e. The molecule has 4 nitrogen and oxygen atoms in total. The van der Waals surface area contributed by atoms with Gasteiger partial charge in [-0.3, -0.25) is 14.7 Å². The zero-order valence-electron chi connectivity index (χ0n) is 12.5. The molecular formula is C19H15N3O. The van der Waals surface area contributed by atoms with Gasteiger partial charge in [-0.15, -0.1) is 0 Å². The van der Waals surface area contributed by atoms with Gasteiger partial charge in [0.1, 0.15) is 5.82 Å². The van der Waals surface area contributed by atoms with Gasteiger partial charge in [0.2, 0.25) is 5.91 Å². The van der Waals surface area contributed by atoms with E-state index in [4.69, 9.17) is 0 Å². The topological polar surface area (TPSA) is 46.1 Å². The lowest BCUT2D eigenvalue weighted by Gasteiger charge is -2.16. The van der Waals surface area contributed by atoms with E-state index in [0.29, 0.717) is 13.0 Å². The molecule has 0 N–H and O–H groups in total. The van der Waals surface area contributed by atoms with E-state index in [-0.39, 0.29) is 5.91 Å². The van der Waals surface area contributed by atoms with Crippen molar-refractivity contribution in [2.75, 3.05) is 4.90 Å². The van der Waals surface area contributed by atoms with Crippen molar-refractivity contribution in [3.8, 4) is 11.1 Å². The number of hydrogen-bond acceptors (Lipinski definition) is 3. The Morgan fingerprint density at radius 3 is 2.65 bits per heavy atom. The van der Waals surface area contributed by atoms with E-state index in [1.807, 2.05) is 60.9 Å². The van der Waals surface area contributed by atoms with Gasteiger partial charge in [-0.2, -0.15) is 0 Å². The predicted molar refractivity (Wildman–Crippen MR) is 88.8 cm³/mol. The Morgan fingerprint density at radius 1 is 1.00 bits per heavy atom. The van der Waals surface area contributed by atoms with Crippen molar-refractivity contribution in [1.82, 2.24) is 9.97 Å². The summed E-state index contributed by atoms with van der Waals surface area (Å²) in [6, 6.07) is 15.9. The lowest BCUT2D eigenvalue weighted by Crippen LogP contribution is -2.26. The van der Waals surface area contributed by atoms with Crippen LogP contribution in [-0.2, 0) is 17.8 Å². The Labute approximate surface area is 134 Å². The minimum atomic E-state index is 0.0969. The summed E-state index contributed by atoms with van der Waals surface area (Å²) in [5.74, 6) is 0.867. The van der Waals surface area contributed by atoms with Gasteiger partial charge in [0.05, 0.1) is 13.0 Å². The molecule has 112 valence electrons. The SMILES string of the molecule is O=C1Cc2cc(-c3cccnc3)cnc2N1Cc1ccccc1. The Kier molecular flexibility index (Phi) is 3.35. The van der Waals surface area contributed by atoms with Gasteiger partial charge in [-0.25, -0.2) is 4.98 Å². The first-order valence-electron chi connectivity index (χ1n) is 7.55. The average Bonchev–Trinajstić information content (AvgIpc) is 2.91. The second kappa shape index (κ2) is 5.65. The number of fused-ring (bicyclic) bond motifs is 1. The fourth-order valence-corrected chi connectivity index (χ4v) is 2.87. The molecule has 0 atom stereocenters. The summed E-state index contributed by atoms with van der Waals surface area (Å²) < 4.78 is 0. The number of benzene rings is 1. The van der Waals surface area contributed by atoms with Crippen molar-refractivity contribution in [2.45, 2.75) is 13.0 Å². The van der Waals surface area contributed by atoms with E-state index in [2.05, 4.69) is 9.97 Å². The third-order valence-corrected chi connectivity index (χ3v) is 4.02. The number of hydrogen-bond donors (Lipinski definition) is 0. The van der Waals surface area contributed by atoms with Crippen molar-refractivity contribution in [2.24, 2.45) is 0 Å². The summed E-state index contributed by atoms with van der Waals surface area (Å²) in [6.07, 6.45) is 5.77. The molecule has 0 aliphatic carbocycles. The molecule has 0 spiro atoms. The molecule has 1 aliphatic heterocycles. The average molecular weight is 301 g/mol. The van der Waals surface area contributed by atoms with Gasteiger partial charge in [-0.05, 0) is 17.7 Å². The summed E-state index contributed by atoms with van der Waals surface area (Å²) >= 11 is 0. The van der Waals surface area contributed by atoms with Crippen molar-refractivity contribution < 1.29 is 4.79 Å². The normalized spacial score (nSPS) is 13.2. The number of pyridine rings is 2. The van der Waals surface area contributed by atoms with Crippen LogP contribution in [0.1, 0.15) is 11.1 Å². The molecule has 0 fully saturated rings. The van der Waals surface area contributed by atoms with Gasteiger partial charge in [0, 0.05) is 35.3 Å². The molecule has 0 bridgehead atoms. The van der Waals surface area contributed by atoms with E-state index in [1.165, 1.54) is 0 Å². The van der Waals surface area contributed by atoms with Gasteiger partial charge in [-0.1, -0.05) is 36.4 Å². The number of amides is 1. The number of carbonyl (C=O) groups excluding carboxylic acids is 1. The van der Waals surface area contributed by atoms with Crippen LogP contribution in [0.25, 0.3) is 11.1 Å². The highest BCUT2D eigenvalue weighted by atomic mass is 16.2. The Hall–Kier alpha value is -3.01. The second-order valence-corrected chi connectivity index (χ2v) is 5.59. The maximum atomic E-state index is 12.4. The molecule has 0 saturated carbocycles. The van der Waals surface area contributed by atoms with Crippen LogP contribution in [0.3, 0.4) is 0 Å². The van der Waals surface area contributed by atoms with Crippen LogP contribution >= 0.6 is 0 Å². The molecule has 0 saturated heterocycles. The van der Waals surface area contributed by atoms with E-state index in [1.54, 1.807) is 11.1 Å². The Morgan fingerprint density at radius 2 is 1.87 bits per heavy atom. The number of anilines is 1. The summed E-state index contributed by atoms with van der Waals surface area (Å²) in [6.45, 7) is 0.561. The van der Waals surface area contributed by atoms with E-state index >= 15 is 0 Å². The standard InChI is InChI=1S/C19H15N3O/c23-18-10-16-9-17(15-7-4-8-20-11-15)12-21-19(16)22(18)13-14-5-2-1-3-6-14/h1-9,11-12H,10,13H2. The quantitative estimate of drug-likeness (QED) is 0.746. The van der Waals surface area contributed by atoms with Gasteiger partial charge >= 0.3 is 0 Å². The number of rotatable bonds is 3. The molecular weight excluding hydrogens is 286 g/mol. The molecule has 2 aromatic heterocycles. The summed E-state index contributed by atoms with van der Waals surface area (Å²) in [5, 5.41) is 0. The second-order valence-electron chi connectivity index (χ2n) is 5.59. The zero-order chi connectivity index (χ0) is 15.6. The fourth-order valence-electron chi connectivity index (χ4n) is 2.87. The minimum absolute atomic E-state index is 0.0969. The van der Waals surface area contributed by atoms with Crippen LogP contribution < -0.4 is 4.90 Å². The van der Waals surface area contributed by atoms with Crippen LogP contribution in [0.4, 0.5) is 5.82 Å². The minimum Gasteiger partial charge on any atom is -0.292 e. The van der Waals surface area contributed by atoms with Gasteiger partial charge in [0.25, 0.3) is 0 Å². The highest BCUT2D eigenvalue weighted by Gasteiger charge is 2.28. The molecule has 1 aromatic carbocycles. The van der Waals surface area contributed by atoms with E-state index in [9.17, 15) is 4.79 Å². The van der Waals surface area contributed by atoms with Crippen molar-refractivity contribution in [3.63, 3.8) is 0 Å². The molecule has 3 heterocycles. The van der Waals surface area contributed by atoms with Crippen molar-refractivity contribution in [3.05, 3.63) is 78.2 Å². The van der Waals surface area contributed by atoms with E-state index in [0.717, 1.165) is 28.1 Å². The molecule has 4 heteroatoms. The van der Waals surface area contributed by atoms with Gasteiger partial charge < -0.3 is 0 Å². The first-order valence-corrected chi connectivity index (χ1v) is 7.55. The maximum Gasteiger partial charge on any atom is 0.233 e. The number of aromatic nitrogens is 2. The third-order valence-electron chi connectivity index (χ3n) is 4.02. The summed E-state index contributed by atoms with van der Waals surface area (Å²) in [4.78, 5) is 22.8. The van der Waals surface area contributed by atoms with Crippen molar-refractivity contribution in [1.29, 1.82) is 0 Å². The van der Waals surface area contributed by atoms with Crippen molar-refractivity contribution >= 4 is 11.7 Å². The Bertz CT molecular complexity index is 847. The highest BCUT2D eigenvalue weighted by Crippen LogP contribution is 2.31.